The van der Waals surface area contributed by atoms with Gasteiger partial charge in [-0.25, -0.2) is 9.97 Å². The van der Waals surface area contributed by atoms with E-state index >= 15 is 0 Å². The first kappa shape index (κ1) is 16.1. The van der Waals surface area contributed by atoms with Gasteiger partial charge in [0.15, 0.2) is 0 Å². The number of rotatable bonds is 3. The van der Waals surface area contributed by atoms with Crippen molar-refractivity contribution in [2.24, 2.45) is 5.92 Å². The van der Waals surface area contributed by atoms with E-state index in [1.165, 1.54) is 11.3 Å². The predicted molar refractivity (Wildman–Crippen MR) is 100 cm³/mol. The first-order chi connectivity index (χ1) is 12.2. The fourth-order valence-corrected chi connectivity index (χ4v) is 4.61. The zero-order valence-corrected chi connectivity index (χ0v) is 14.9. The molecule has 3 aromatic rings. The monoisotopic (exact) mass is 353 g/mol. The zero-order chi connectivity index (χ0) is 17.4. The van der Waals surface area contributed by atoms with Crippen LogP contribution in [0.4, 0.5) is 0 Å². The van der Waals surface area contributed by atoms with E-state index in [-0.39, 0.29) is 18.2 Å². The van der Waals surface area contributed by atoms with E-state index in [1.807, 2.05) is 4.57 Å². The minimum atomic E-state index is 0.0236. The lowest BCUT2D eigenvalue weighted by molar-refractivity contribution is 0.284. The average molecular weight is 353 g/mol. The van der Waals surface area contributed by atoms with Crippen molar-refractivity contribution < 1.29 is 4.74 Å². The van der Waals surface area contributed by atoms with Crippen molar-refractivity contribution in [2.75, 3.05) is 6.61 Å². The lowest BCUT2D eigenvalue weighted by Gasteiger charge is -2.27. The summed E-state index contributed by atoms with van der Waals surface area (Å²) in [7, 11) is 0. The van der Waals surface area contributed by atoms with Crippen LogP contribution in [0.15, 0.2) is 23.4 Å². The highest BCUT2D eigenvalue weighted by atomic mass is 32.1. The number of terminal acetylenes is 1. The van der Waals surface area contributed by atoms with Gasteiger partial charge in [-0.05, 0) is 37.7 Å². The summed E-state index contributed by atoms with van der Waals surface area (Å²) in [5.41, 5.74) is 0.681. The van der Waals surface area contributed by atoms with Crippen LogP contribution in [-0.2, 0) is 0 Å². The molecule has 0 saturated heterocycles. The van der Waals surface area contributed by atoms with E-state index < -0.39 is 0 Å². The van der Waals surface area contributed by atoms with Crippen molar-refractivity contribution in [3.8, 4) is 18.1 Å². The smallest absolute Gasteiger partial charge is 0.271 e. The molecule has 3 aromatic heterocycles. The normalized spacial score (nSPS) is 20.6. The molecule has 1 aliphatic rings. The second kappa shape index (κ2) is 6.49. The summed E-state index contributed by atoms with van der Waals surface area (Å²) in [6.45, 7) is 2.45. The molecule has 3 heterocycles. The Hall–Kier alpha value is -2.39. The summed E-state index contributed by atoms with van der Waals surface area (Å²) in [5.74, 6) is 3.84. The maximum Gasteiger partial charge on any atom is 0.271 e. The van der Waals surface area contributed by atoms with Crippen molar-refractivity contribution in [1.82, 2.24) is 14.5 Å². The molecule has 0 amide bonds. The largest absolute Gasteiger partial charge is 0.480 e. The third-order valence-electron chi connectivity index (χ3n) is 4.96. The number of nitrogens with zero attached hydrogens (tertiary/aromatic N) is 3. The van der Waals surface area contributed by atoms with Gasteiger partial charge in [0, 0.05) is 12.2 Å². The summed E-state index contributed by atoms with van der Waals surface area (Å²) in [6.07, 6.45) is 13.0. The van der Waals surface area contributed by atoms with Crippen molar-refractivity contribution in [3.63, 3.8) is 0 Å². The Bertz CT molecular complexity index is 1020. The van der Waals surface area contributed by atoms with Gasteiger partial charge in [0.1, 0.15) is 27.4 Å². The summed E-state index contributed by atoms with van der Waals surface area (Å²) in [6, 6.07) is 2.01. The number of fused-ring (bicyclic) bond motifs is 3. The van der Waals surface area contributed by atoms with Crippen LogP contribution in [0.3, 0.4) is 0 Å². The van der Waals surface area contributed by atoms with Gasteiger partial charge >= 0.3 is 0 Å². The van der Waals surface area contributed by atoms with Crippen LogP contribution in [0.25, 0.3) is 20.4 Å². The zero-order valence-electron chi connectivity index (χ0n) is 14.1. The number of pyridine rings is 1. The van der Waals surface area contributed by atoms with E-state index in [9.17, 15) is 4.79 Å². The molecule has 0 spiro atoms. The fraction of sp³-hybridized carbons (Fsp3) is 0.421. The highest BCUT2D eigenvalue weighted by molar-refractivity contribution is 7.25. The molecular formula is C19H19N3O2S. The lowest BCUT2D eigenvalue weighted by atomic mass is 9.87. The van der Waals surface area contributed by atoms with E-state index in [0.29, 0.717) is 16.0 Å². The van der Waals surface area contributed by atoms with Gasteiger partial charge in [0.05, 0.1) is 11.7 Å². The molecule has 128 valence electrons. The lowest BCUT2D eigenvalue weighted by Crippen LogP contribution is -2.27. The molecule has 4 rings (SSSR count). The number of thiophene rings is 1. The van der Waals surface area contributed by atoms with Gasteiger partial charge in [0.2, 0.25) is 0 Å². The van der Waals surface area contributed by atoms with Crippen LogP contribution < -0.4 is 10.3 Å². The minimum Gasteiger partial charge on any atom is -0.480 e. The van der Waals surface area contributed by atoms with Crippen LogP contribution in [0, 0.1) is 18.3 Å². The Balaban J connectivity index is 1.84. The molecule has 5 nitrogen and oxygen atoms in total. The molecule has 0 bridgehead atoms. The number of hydrogen-bond donors (Lipinski definition) is 0. The number of aromatic nitrogens is 3. The van der Waals surface area contributed by atoms with Crippen molar-refractivity contribution >= 4 is 31.8 Å². The third-order valence-corrected chi connectivity index (χ3v) is 6.03. The minimum absolute atomic E-state index is 0.0236. The van der Waals surface area contributed by atoms with E-state index in [4.69, 9.17) is 11.2 Å². The van der Waals surface area contributed by atoms with Gasteiger partial charge in [-0.2, -0.15) is 0 Å². The van der Waals surface area contributed by atoms with E-state index in [2.05, 4.69) is 22.8 Å². The molecule has 0 radical (unpaired) electrons. The molecule has 0 aliphatic heterocycles. The molecule has 1 fully saturated rings. The Kier molecular flexibility index (Phi) is 4.18. The van der Waals surface area contributed by atoms with Crippen LogP contribution in [0.2, 0.25) is 0 Å². The van der Waals surface area contributed by atoms with Gasteiger partial charge in [-0.1, -0.05) is 12.8 Å². The molecule has 0 N–H and O–H groups in total. The Morgan fingerprint density at radius 1 is 1.36 bits per heavy atom. The Morgan fingerprint density at radius 3 is 2.92 bits per heavy atom. The maximum atomic E-state index is 13.0. The molecule has 6 heteroatoms. The van der Waals surface area contributed by atoms with Gasteiger partial charge in [0.25, 0.3) is 5.56 Å². The molecule has 0 atom stereocenters. The molecule has 1 aliphatic carbocycles. The van der Waals surface area contributed by atoms with Crippen LogP contribution in [0.5, 0.6) is 5.75 Å². The van der Waals surface area contributed by atoms with E-state index in [1.54, 1.807) is 18.6 Å². The number of hydrogen-bond acceptors (Lipinski definition) is 5. The topological polar surface area (TPSA) is 57.0 Å². The fourth-order valence-electron chi connectivity index (χ4n) is 3.56. The standard InChI is InChI=1S/C19H19N3O2S/c1-3-10-24-14-8-9-20-18-15(14)16-17(25-18)19(23)22(11-21-16)13-6-4-12(2)5-7-13/h1,8-9,11-13H,4-7,10H2,2H3. The van der Waals surface area contributed by atoms with Crippen LogP contribution in [0.1, 0.15) is 38.6 Å². The SMILES string of the molecule is C#CCOc1ccnc2sc3c(=O)n(C4CCC(C)CC4)cnc3c12. The number of ether oxygens (including phenoxy) is 1. The quantitative estimate of drug-likeness (QED) is 0.673. The highest BCUT2D eigenvalue weighted by Gasteiger charge is 2.23. The molecule has 1 saturated carbocycles. The van der Waals surface area contributed by atoms with Crippen molar-refractivity contribution in [3.05, 3.63) is 28.9 Å². The molecular weight excluding hydrogens is 334 g/mol. The summed E-state index contributed by atoms with van der Waals surface area (Å²) in [4.78, 5) is 22.8. The van der Waals surface area contributed by atoms with Crippen LogP contribution in [-0.4, -0.2) is 21.1 Å². The van der Waals surface area contributed by atoms with Crippen LogP contribution >= 0.6 is 11.3 Å². The highest BCUT2D eigenvalue weighted by Crippen LogP contribution is 2.36. The summed E-state index contributed by atoms with van der Waals surface area (Å²) in [5, 5.41) is 0.777. The van der Waals surface area contributed by atoms with Gasteiger partial charge in [-0.3, -0.25) is 9.36 Å². The Morgan fingerprint density at radius 2 is 2.16 bits per heavy atom. The van der Waals surface area contributed by atoms with E-state index in [0.717, 1.165) is 41.8 Å². The second-order valence-electron chi connectivity index (χ2n) is 6.63. The van der Waals surface area contributed by atoms with Crippen molar-refractivity contribution in [2.45, 2.75) is 38.6 Å². The first-order valence-corrected chi connectivity index (χ1v) is 9.35. The predicted octanol–water partition coefficient (Wildman–Crippen LogP) is 3.77. The van der Waals surface area contributed by atoms with Gasteiger partial charge in [-0.15, -0.1) is 17.8 Å². The molecule has 0 unspecified atom stereocenters. The summed E-state index contributed by atoms with van der Waals surface area (Å²) < 4.78 is 8.07. The first-order valence-electron chi connectivity index (χ1n) is 8.53. The van der Waals surface area contributed by atoms with Crippen molar-refractivity contribution in [1.29, 1.82) is 0 Å². The summed E-state index contributed by atoms with van der Waals surface area (Å²) >= 11 is 1.38. The second-order valence-corrected chi connectivity index (χ2v) is 7.63. The van der Waals surface area contributed by atoms with Gasteiger partial charge < -0.3 is 4.74 Å². The molecule has 0 aromatic carbocycles. The third kappa shape index (κ3) is 2.79. The molecule has 25 heavy (non-hydrogen) atoms. The Labute approximate surface area is 149 Å². The maximum absolute atomic E-state index is 13.0. The average Bonchev–Trinajstić information content (AvgIpc) is 3.01.